The SMILES string of the molecule is CC(C)SC(=O)c1cc(N)n(C(C)C)n1. The molecule has 0 aliphatic rings. The Morgan fingerprint density at radius 3 is 2.47 bits per heavy atom. The largest absolute Gasteiger partial charge is 0.384 e. The van der Waals surface area contributed by atoms with Crippen molar-refractivity contribution in [1.82, 2.24) is 9.78 Å². The van der Waals surface area contributed by atoms with E-state index in [4.69, 9.17) is 5.73 Å². The summed E-state index contributed by atoms with van der Waals surface area (Å²) in [6.07, 6.45) is 0. The number of carbonyl (C=O) groups excluding carboxylic acids is 1. The van der Waals surface area contributed by atoms with E-state index in [0.717, 1.165) is 0 Å². The summed E-state index contributed by atoms with van der Waals surface area (Å²) in [5.74, 6) is 0.540. The number of aromatic nitrogens is 2. The van der Waals surface area contributed by atoms with Crippen LogP contribution in [0.25, 0.3) is 0 Å². The summed E-state index contributed by atoms with van der Waals surface area (Å²) < 4.78 is 1.66. The predicted molar refractivity (Wildman–Crippen MR) is 64.1 cm³/mol. The molecule has 5 heteroatoms. The highest BCUT2D eigenvalue weighted by atomic mass is 32.2. The van der Waals surface area contributed by atoms with Gasteiger partial charge in [-0.3, -0.25) is 4.79 Å². The van der Waals surface area contributed by atoms with E-state index in [9.17, 15) is 4.79 Å². The first-order valence-corrected chi connectivity index (χ1v) is 5.85. The molecule has 1 aromatic heterocycles. The van der Waals surface area contributed by atoms with Crippen LogP contribution in [0, 0.1) is 0 Å². The van der Waals surface area contributed by atoms with Crippen LogP contribution in [0.3, 0.4) is 0 Å². The molecule has 0 aliphatic carbocycles. The molecule has 0 saturated heterocycles. The van der Waals surface area contributed by atoms with Gasteiger partial charge in [-0.25, -0.2) is 4.68 Å². The summed E-state index contributed by atoms with van der Waals surface area (Å²) >= 11 is 1.27. The Kier molecular flexibility index (Phi) is 3.79. The molecule has 0 bridgehead atoms. The maximum Gasteiger partial charge on any atom is 0.239 e. The zero-order chi connectivity index (χ0) is 11.6. The molecule has 15 heavy (non-hydrogen) atoms. The van der Waals surface area contributed by atoms with Gasteiger partial charge in [0.1, 0.15) is 11.5 Å². The second-order valence-electron chi connectivity index (χ2n) is 3.95. The van der Waals surface area contributed by atoms with Gasteiger partial charge in [0.15, 0.2) is 0 Å². The molecule has 0 amide bonds. The van der Waals surface area contributed by atoms with Crippen molar-refractivity contribution in [1.29, 1.82) is 0 Å². The molecule has 0 unspecified atom stereocenters. The lowest BCUT2D eigenvalue weighted by molar-refractivity contribution is 0.108. The second kappa shape index (κ2) is 4.70. The summed E-state index contributed by atoms with van der Waals surface area (Å²) in [7, 11) is 0. The number of nitrogen functional groups attached to an aromatic ring is 1. The fourth-order valence-electron chi connectivity index (χ4n) is 1.20. The third kappa shape index (κ3) is 2.99. The molecular formula is C10H17N3OS. The van der Waals surface area contributed by atoms with Crippen molar-refractivity contribution >= 4 is 22.7 Å². The summed E-state index contributed by atoms with van der Waals surface area (Å²) in [5.41, 5.74) is 6.19. The summed E-state index contributed by atoms with van der Waals surface area (Å²) in [5, 5.41) is 4.43. The van der Waals surface area contributed by atoms with Gasteiger partial charge in [-0.15, -0.1) is 0 Å². The Hall–Kier alpha value is -0.970. The number of hydrogen-bond acceptors (Lipinski definition) is 4. The zero-order valence-corrected chi connectivity index (χ0v) is 10.3. The van der Waals surface area contributed by atoms with Crippen molar-refractivity contribution in [3.8, 4) is 0 Å². The van der Waals surface area contributed by atoms with E-state index >= 15 is 0 Å². The van der Waals surface area contributed by atoms with Crippen molar-refractivity contribution < 1.29 is 4.79 Å². The molecule has 0 aliphatic heterocycles. The molecular weight excluding hydrogens is 210 g/mol. The normalized spacial score (nSPS) is 11.3. The van der Waals surface area contributed by atoms with E-state index in [-0.39, 0.29) is 16.4 Å². The molecule has 1 rings (SSSR count). The number of hydrogen-bond donors (Lipinski definition) is 1. The van der Waals surface area contributed by atoms with Crippen LogP contribution in [0.2, 0.25) is 0 Å². The van der Waals surface area contributed by atoms with Gasteiger partial charge in [-0.2, -0.15) is 5.10 Å². The Labute approximate surface area is 94.2 Å². The Balaban J connectivity index is 2.87. The summed E-state index contributed by atoms with van der Waals surface area (Å²) in [4.78, 5) is 11.7. The van der Waals surface area contributed by atoms with E-state index in [1.165, 1.54) is 11.8 Å². The van der Waals surface area contributed by atoms with E-state index in [0.29, 0.717) is 11.5 Å². The minimum atomic E-state index is -0.0175. The number of anilines is 1. The molecule has 0 radical (unpaired) electrons. The quantitative estimate of drug-likeness (QED) is 0.861. The fourth-order valence-corrected chi connectivity index (χ4v) is 1.85. The topological polar surface area (TPSA) is 60.9 Å². The van der Waals surface area contributed by atoms with Crippen LogP contribution in [-0.2, 0) is 0 Å². The highest BCUT2D eigenvalue weighted by molar-refractivity contribution is 8.14. The van der Waals surface area contributed by atoms with Crippen molar-refractivity contribution in [2.45, 2.75) is 39.0 Å². The van der Waals surface area contributed by atoms with Crippen molar-refractivity contribution in [2.75, 3.05) is 5.73 Å². The van der Waals surface area contributed by atoms with Gasteiger partial charge < -0.3 is 5.73 Å². The lowest BCUT2D eigenvalue weighted by Gasteiger charge is -2.06. The van der Waals surface area contributed by atoms with Crippen LogP contribution >= 0.6 is 11.8 Å². The lowest BCUT2D eigenvalue weighted by Crippen LogP contribution is -2.08. The van der Waals surface area contributed by atoms with Crippen molar-refractivity contribution in [3.05, 3.63) is 11.8 Å². The summed E-state index contributed by atoms with van der Waals surface area (Å²) in [6.45, 7) is 7.91. The Bertz CT molecular complexity index is 358. The standard InChI is InChI=1S/C10H17N3OS/c1-6(2)13-9(11)5-8(12-13)10(14)15-7(3)4/h5-7H,11H2,1-4H3. The van der Waals surface area contributed by atoms with E-state index in [2.05, 4.69) is 5.10 Å². The third-order valence-corrected chi connectivity index (χ3v) is 2.70. The maximum atomic E-state index is 11.7. The maximum absolute atomic E-state index is 11.7. The second-order valence-corrected chi connectivity index (χ2v) is 5.50. The van der Waals surface area contributed by atoms with Crippen LogP contribution in [0.15, 0.2) is 6.07 Å². The van der Waals surface area contributed by atoms with Crippen LogP contribution < -0.4 is 5.73 Å². The molecule has 0 fully saturated rings. The molecule has 2 N–H and O–H groups in total. The van der Waals surface area contributed by atoms with Crippen LogP contribution in [0.1, 0.15) is 44.2 Å². The number of rotatable bonds is 3. The van der Waals surface area contributed by atoms with E-state index in [1.54, 1.807) is 10.7 Å². The predicted octanol–water partition coefficient (Wildman–Crippen LogP) is 2.33. The van der Waals surface area contributed by atoms with Crippen LogP contribution in [0.4, 0.5) is 5.82 Å². The van der Waals surface area contributed by atoms with Gasteiger partial charge in [-0.05, 0) is 13.8 Å². The third-order valence-electron chi connectivity index (χ3n) is 1.81. The lowest BCUT2D eigenvalue weighted by atomic mass is 10.4. The van der Waals surface area contributed by atoms with Crippen LogP contribution in [0.5, 0.6) is 0 Å². The van der Waals surface area contributed by atoms with Gasteiger partial charge in [0.05, 0.1) is 0 Å². The van der Waals surface area contributed by atoms with Gasteiger partial charge >= 0.3 is 0 Å². The molecule has 1 aromatic rings. The number of nitrogens with two attached hydrogens (primary N) is 1. The smallest absolute Gasteiger partial charge is 0.239 e. The number of thioether (sulfide) groups is 1. The highest BCUT2D eigenvalue weighted by Gasteiger charge is 2.15. The minimum absolute atomic E-state index is 0.0175. The summed E-state index contributed by atoms with van der Waals surface area (Å²) in [6, 6.07) is 1.81. The van der Waals surface area contributed by atoms with Crippen molar-refractivity contribution in [3.63, 3.8) is 0 Å². The first-order valence-electron chi connectivity index (χ1n) is 4.97. The molecule has 0 saturated carbocycles. The zero-order valence-electron chi connectivity index (χ0n) is 9.52. The average Bonchev–Trinajstić information content (AvgIpc) is 2.46. The molecule has 1 heterocycles. The van der Waals surface area contributed by atoms with Gasteiger partial charge in [0, 0.05) is 17.4 Å². The molecule has 4 nitrogen and oxygen atoms in total. The van der Waals surface area contributed by atoms with E-state index in [1.807, 2.05) is 27.7 Å². The molecule has 0 aromatic carbocycles. The number of nitrogens with zero attached hydrogens (tertiary/aromatic N) is 2. The Morgan fingerprint density at radius 2 is 2.07 bits per heavy atom. The Morgan fingerprint density at radius 1 is 1.47 bits per heavy atom. The molecule has 84 valence electrons. The van der Waals surface area contributed by atoms with Crippen molar-refractivity contribution in [2.24, 2.45) is 0 Å². The van der Waals surface area contributed by atoms with Gasteiger partial charge in [0.25, 0.3) is 0 Å². The molecule has 0 atom stereocenters. The van der Waals surface area contributed by atoms with Gasteiger partial charge in [0.2, 0.25) is 5.12 Å². The minimum Gasteiger partial charge on any atom is -0.384 e. The number of carbonyl (C=O) groups is 1. The van der Waals surface area contributed by atoms with E-state index < -0.39 is 0 Å². The van der Waals surface area contributed by atoms with Crippen LogP contribution in [-0.4, -0.2) is 20.1 Å². The average molecular weight is 227 g/mol. The first-order chi connectivity index (χ1) is 6.91. The first kappa shape index (κ1) is 12.1. The monoisotopic (exact) mass is 227 g/mol. The van der Waals surface area contributed by atoms with Gasteiger partial charge in [-0.1, -0.05) is 25.6 Å². The molecule has 0 spiro atoms. The highest BCUT2D eigenvalue weighted by Crippen LogP contribution is 2.20. The fraction of sp³-hybridized carbons (Fsp3) is 0.600.